The first-order valence-corrected chi connectivity index (χ1v) is 9.37. The molecule has 0 saturated heterocycles. The fourth-order valence-electron chi connectivity index (χ4n) is 2.48. The first-order valence-electron chi connectivity index (χ1n) is 8.99. The molecular formula is C21H23ClN2O4. The Morgan fingerprint density at radius 3 is 2.32 bits per heavy atom. The molecule has 148 valence electrons. The Hall–Kier alpha value is -2.86. The average Bonchev–Trinajstić information content (AvgIpc) is 2.69. The largest absolute Gasteiger partial charge is 0.456 e. The summed E-state index contributed by atoms with van der Waals surface area (Å²) in [6.07, 6.45) is 0.574. The maximum absolute atomic E-state index is 11.9. The highest BCUT2D eigenvalue weighted by atomic mass is 35.5. The van der Waals surface area contributed by atoms with Gasteiger partial charge in [-0.2, -0.15) is 0 Å². The van der Waals surface area contributed by atoms with Crippen LogP contribution in [0.15, 0.2) is 54.6 Å². The van der Waals surface area contributed by atoms with Crippen LogP contribution >= 0.6 is 11.6 Å². The first-order chi connectivity index (χ1) is 13.4. The van der Waals surface area contributed by atoms with Crippen molar-refractivity contribution >= 4 is 35.1 Å². The normalized spacial score (nSPS) is 11.4. The number of halogens is 1. The van der Waals surface area contributed by atoms with E-state index in [0.29, 0.717) is 17.1 Å². The van der Waals surface area contributed by atoms with Crippen LogP contribution in [0.5, 0.6) is 0 Å². The zero-order valence-corrected chi connectivity index (χ0v) is 16.4. The van der Waals surface area contributed by atoms with E-state index in [9.17, 15) is 14.4 Å². The van der Waals surface area contributed by atoms with Crippen molar-refractivity contribution < 1.29 is 19.1 Å². The van der Waals surface area contributed by atoms with Crippen molar-refractivity contribution in [1.82, 2.24) is 5.32 Å². The van der Waals surface area contributed by atoms with Crippen molar-refractivity contribution in [3.05, 3.63) is 65.2 Å². The molecule has 2 amide bonds. The third-order valence-electron chi connectivity index (χ3n) is 3.95. The van der Waals surface area contributed by atoms with Crippen molar-refractivity contribution in [1.29, 1.82) is 0 Å². The monoisotopic (exact) mass is 402 g/mol. The highest BCUT2D eigenvalue weighted by Crippen LogP contribution is 2.14. The van der Waals surface area contributed by atoms with Gasteiger partial charge >= 0.3 is 5.97 Å². The third kappa shape index (κ3) is 7.80. The smallest absolute Gasteiger partial charge is 0.306 e. The van der Waals surface area contributed by atoms with Crippen molar-refractivity contribution in [2.24, 2.45) is 0 Å². The lowest BCUT2D eigenvalue weighted by Crippen LogP contribution is -2.31. The van der Waals surface area contributed by atoms with Crippen molar-refractivity contribution in [2.45, 2.75) is 32.2 Å². The Bertz CT molecular complexity index is 794. The summed E-state index contributed by atoms with van der Waals surface area (Å²) >= 11 is 5.78. The zero-order chi connectivity index (χ0) is 20.4. The molecule has 0 bridgehead atoms. The van der Waals surface area contributed by atoms with Crippen LogP contribution in [-0.2, 0) is 19.1 Å². The predicted molar refractivity (Wildman–Crippen MR) is 108 cm³/mol. The Kier molecular flexibility index (Phi) is 8.49. The van der Waals surface area contributed by atoms with Gasteiger partial charge in [0.05, 0.1) is 6.04 Å². The average molecular weight is 403 g/mol. The maximum Gasteiger partial charge on any atom is 0.306 e. The number of nitrogens with one attached hydrogen (secondary N) is 2. The summed E-state index contributed by atoms with van der Waals surface area (Å²) in [4.78, 5) is 35.5. The molecule has 2 N–H and O–H groups in total. The van der Waals surface area contributed by atoms with E-state index in [4.69, 9.17) is 16.3 Å². The van der Waals surface area contributed by atoms with Gasteiger partial charge in [0, 0.05) is 23.6 Å². The molecule has 0 aliphatic carbocycles. The summed E-state index contributed by atoms with van der Waals surface area (Å²) in [6, 6.07) is 16.1. The Morgan fingerprint density at radius 1 is 0.964 bits per heavy atom. The van der Waals surface area contributed by atoms with E-state index in [2.05, 4.69) is 10.6 Å². The quantitative estimate of drug-likeness (QED) is 0.623. The summed E-state index contributed by atoms with van der Waals surface area (Å²) < 4.78 is 4.96. The van der Waals surface area contributed by atoms with Gasteiger partial charge in [-0.05, 0) is 43.2 Å². The summed E-state index contributed by atoms with van der Waals surface area (Å²) in [7, 11) is 0. The topological polar surface area (TPSA) is 84.5 Å². The van der Waals surface area contributed by atoms with Crippen molar-refractivity contribution in [3.8, 4) is 0 Å². The van der Waals surface area contributed by atoms with Gasteiger partial charge in [0.2, 0.25) is 5.91 Å². The molecule has 0 saturated carbocycles. The second kappa shape index (κ2) is 11.1. The highest BCUT2D eigenvalue weighted by molar-refractivity contribution is 6.30. The molecule has 6 nitrogen and oxygen atoms in total. The summed E-state index contributed by atoms with van der Waals surface area (Å²) in [5.41, 5.74) is 1.61. The fourth-order valence-corrected chi connectivity index (χ4v) is 2.60. The third-order valence-corrected chi connectivity index (χ3v) is 4.21. The van der Waals surface area contributed by atoms with Gasteiger partial charge in [0.15, 0.2) is 6.61 Å². The molecular weight excluding hydrogens is 380 g/mol. The van der Waals surface area contributed by atoms with Gasteiger partial charge in [0.25, 0.3) is 5.91 Å². The number of carbonyl (C=O) groups is 3. The SMILES string of the molecule is C[C@@H](NC(=O)COC(=O)CCCC(=O)Nc1ccc(Cl)cc1)c1ccccc1. The highest BCUT2D eigenvalue weighted by Gasteiger charge is 2.12. The molecule has 0 aromatic heterocycles. The molecule has 2 rings (SSSR count). The molecule has 7 heteroatoms. The van der Waals surface area contributed by atoms with Crippen LogP contribution in [0.3, 0.4) is 0 Å². The minimum Gasteiger partial charge on any atom is -0.456 e. The van der Waals surface area contributed by atoms with Crippen LogP contribution in [0.25, 0.3) is 0 Å². The van der Waals surface area contributed by atoms with Gasteiger partial charge in [-0.1, -0.05) is 41.9 Å². The van der Waals surface area contributed by atoms with E-state index < -0.39 is 5.97 Å². The van der Waals surface area contributed by atoms with Gasteiger partial charge < -0.3 is 15.4 Å². The Morgan fingerprint density at radius 2 is 1.64 bits per heavy atom. The molecule has 0 heterocycles. The lowest BCUT2D eigenvalue weighted by molar-refractivity contribution is -0.148. The number of hydrogen-bond acceptors (Lipinski definition) is 4. The molecule has 0 radical (unpaired) electrons. The second-order valence-corrected chi connectivity index (χ2v) is 6.71. The molecule has 0 aliphatic rings. The summed E-state index contributed by atoms with van der Waals surface area (Å²) in [5, 5.41) is 6.07. The molecule has 28 heavy (non-hydrogen) atoms. The fraction of sp³-hybridized carbons (Fsp3) is 0.286. The second-order valence-electron chi connectivity index (χ2n) is 6.27. The van der Waals surface area contributed by atoms with Crippen LogP contribution in [0.2, 0.25) is 5.02 Å². The molecule has 2 aromatic rings. The van der Waals surface area contributed by atoms with Crippen LogP contribution in [-0.4, -0.2) is 24.4 Å². The van der Waals surface area contributed by atoms with E-state index in [1.807, 2.05) is 37.3 Å². The molecule has 2 aromatic carbocycles. The molecule has 0 spiro atoms. The Balaban J connectivity index is 1.61. The number of anilines is 1. The maximum atomic E-state index is 11.9. The Labute approximate surface area is 169 Å². The van der Waals surface area contributed by atoms with E-state index in [1.165, 1.54) is 0 Å². The lowest BCUT2D eigenvalue weighted by Gasteiger charge is -2.14. The van der Waals surface area contributed by atoms with Crippen molar-refractivity contribution in [3.63, 3.8) is 0 Å². The molecule has 0 aliphatic heterocycles. The van der Waals surface area contributed by atoms with Crippen molar-refractivity contribution in [2.75, 3.05) is 11.9 Å². The number of benzene rings is 2. The number of rotatable bonds is 9. The molecule has 1 atom stereocenters. The first kappa shape index (κ1) is 21.4. The summed E-state index contributed by atoms with van der Waals surface area (Å²) in [6.45, 7) is 1.52. The van der Waals surface area contributed by atoms with Gasteiger partial charge in [-0.25, -0.2) is 0 Å². The molecule has 0 unspecified atom stereocenters. The molecule has 0 fully saturated rings. The van der Waals surface area contributed by atoms with Crippen LogP contribution in [0.4, 0.5) is 5.69 Å². The van der Waals surface area contributed by atoms with Crippen LogP contribution in [0.1, 0.15) is 37.8 Å². The van der Waals surface area contributed by atoms with E-state index >= 15 is 0 Å². The number of amides is 2. The zero-order valence-electron chi connectivity index (χ0n) is 15.6. The van der Waals surface area contributed by atoms with E-state index in [1.54, 1.807) is 24.3 Å². The standard InChI is InChI=1S/C21H23ClN2O4/c1-15(16-6-3-2-4-7-16)23-20(26)14-28-21(27)9-5-8-19(25)24-18-12-10-17(22)11-13-18/h2-4,6-7,10-13,15H,5,8-9,14H2,1H3,(H,23,26)(H,24,25)/t15-/m1/s1. The van der Waals surface area contributed by atoms with E-state index in [0.717, 1.165) is 5.56 Å². The van der Waals surface area contributed by atoms with Crippen LogP contribution in [0, 0.1) is 0 Å². The van der Waals surface area contributed by atoms with Gasteiger partial charge in [0.1, 0.15) is 0 Å². The summed E-state index contributed by atoms with van der Waals surface area (Å²) in [5.74, 6) is -1.09. The number of hydrogen-bond donors (Lipinski definition) is 2. The number of ether oxygens (including phenoxy) is 1. The minimum absolute atomic E-state index is 0.0650. The number of carbonyl (C=O) groups excluding carboxylic acids is 3. The minimum atomic E-state index is -0.512. The lowest BCUT2D eigenvalue weighted by atomic mass is 10.1. The van der Waals surface area contributed by atoms with Crippen LogP contribution < -0.4 is 10.6 Å². The number of esters is 1. The van der Waals surface area contributed by atoms with E-state index in [-0.39, 0.29) is 37.3 Å². The van der Waals surface area contributed by atoms with Gasteiger partial charge in [-0.3, -0.25) is 14.4 Å². The van der Waals surface area contributed by atoms with Gasteiger partial charge in [-0.15, -0.1) is 0 Å². The predicted octanol–water partition coefficient (Wildman–Crippen LogP) is 3.87.